The number of sulfonamides is 1. The summed E-state index contributed by atoms with van der Waals surface area (Å²) < 4.78 is 69.9. The second-order valence-corrected chi connectivity index (χ2v) is 9.66. The van der Waals surface area contributed by atoms with Gasteiger partial charge in [-0.15, -0.1) is 0 Å². The monoisotopic (exact) mass is 506 g/mol. The van der Waals surface area contributed by atoms with Crippen LogP contribution in [0.4, 0.5) is 18.9 Å². The highest BCUT2D eigenvalue weighted by Gasteiger charge is 2.33. The lowest BCUT2D eigenvalue weighted by Crippen LogP contribution is -2.41. The number of aryl methyl sites for hydroxylation is 1. The third-order valence-corrected chi connectivity index (χ3v) is 6.06. The van der Waals surface area contributed by atoms with E-state index in [2.05, 4.69) is 5.32 Å². The van der Waals surface area contributed by atoms with E-state index in [1.54, 1.807) is 0 Å². The molecule has 0 aliphatic heterocycles. The highest BCUT2D eigenvalue weighted by Crippen LogP contribution is 2.36. The molecule has 0 aliphatic carbocycles. The number of alkyl halides is 3. The van der Waals surface area contributed by atoms with Crippen LogP contribution in [0.3, 0.4) is 0 Å². The summed E-state index contributed by atoms with van der Waals surface area (Å²) in [4.78, 5) is 12.4. The van der Waals surface area contributed by atoms with Gasteiger partial charge in [0.25, 0.3) is 0 Å². The van der Waals surface area contributed by atoms with Crippen LogP contribution in [-0.4, -0.2) is 40.3 Å². The topological polar surface area (TPSA) is 75.7 Å². The molecule has 0 spiro atoms. The third kappa shape index (κ3) is 8.12. The van der Waals surface area contributed by atoms with Crippen molar-refractivity contribution in [3.05, 3.63) is 58.6 Å². The fourth-order valence-corrected chi connectivity index (χ4v) is 4.15. The Labute approximate surface area is 196 Å². The second-order valence-electron chi connectivity index (χ2n) is 7.34. The number of rotatable bonds is 11. The number of halogens is 4. The van der Waals surface area contributed by atoms with Crippen molar-refractivity contribution in [2.24, 2.45) is 0 Å². The number of amides is 1. The van der Waals surface area contributed by atoms with E-state index < -0.39 is 39.9 Å². The molecule has 0 fully saturated rings. The van der Waals surface area contributed by atoms with Crippen LogP contribution in [-0.2, 0) is 27.4 Å². The number of anilines is 1. The Morgan fingerprint density at radius 1 is 1.18 bits per heavy atom. The average Bonchev–Trinajstić information content (AvgIpc) is 2.73. The van der Waals surface area contributed by atoms with Gasteiger partial charge in [-0.05, 0) is 49.1 Å². The molecule has 0 heterocycles. The number of carbonyl (C=O) groups is 1. The van der Waals surface area contributed by atoms with Gasteiger partial charge in [-0.3, -0.25) is 9.10 Å². The SMILES string of the molecule is CCCOc1ccccc1CCCNC(=O)CN(c1cc(C(F)(F)F)ccc1Cl)S(C)(=O)=O. The molecule has 33 heavy (non-hydrogen) atoms. The summed E-state index contributed by atoms with van der Waals surface area (Å²) in [6.45, 7) is 2.14. The van der Waals surface area contributed by atoms with E-state index in [0.29, 0.717) is 29.8 Å². The molecule has 11 heteroatoms. The Morgan fingerprint density at radius 3 is 2.52 bits per heavy atom. The van der Waals surface area contributed by atoms with Crippen LogP contribution in [0.1, 0.15) is 30.9 Å². The normalized spacial score (nSPS) is 11.8. The van der Waals surface area contributed by atoms with E-state index in [9.17, 15) is 26.4 Å². The maximum absolute atomic E-state index is 13.1. The standard InChI is InChI=1S/C22H26ClF3N2O4S/c1-3-13-32-20-9-5-4-7-16(20)8-6-12-27-21(29)15-28(33(2,30)31)19-14-17(22(24,25)26)10-11-18(19)23/h4-5,7,9-11,14H,3,6,8,12-13,15H2,1-2H3,(H,27,29). The molecule has 2 aromatic rings. The van der Waals surface area contributed by atoms with Crippen molar-refractivity contribution in [2.75, 3.05) is 30.3 Å². The van der Waals surface area contributed by atoms with E-state index in [0.717, 1.165) is 36.1 Å². The zero-order valence-electron chi connectivity index (χ0n) is 18.3. The van der Waals surface area contributed by atoms with Gasteiger partial charge in [-0.1, -0.05) is 36.7 Å². The number of ether oxygens (including phenoxy) is 1. The maximum atomic E-state index is 13.1. The summed E-state index contributed by atoms with van der Waals surface area (Å²) in [5.41, 5.74) is -0.500. The van der Waals surface area contributed by atoms with Crippen LogP contribution in [0.2, 0.25) is 5.02 Å². The van der Waals surface area contributed by atoms with Gasteiger partial charge in [0.1, 0.15) is 12.3 Å². The van der Waals surface area contributed by atoms with Gasteiger partial charge < -0.3 is 10.1 Å². The Balaban J connectivity index is 2.03. The second kappa shape index (κ2) is 11.6. The number of hydrogen-bond acceptors (Lipinski definition) is 4. The number of nitrogens with one attached hydrogen (secondary N) is 1. The number of hydrogen-bond donors (Lipinski definition) is 1. The number of para-hydroxylation sites is 1. The summed E-state index contributed by atoms with van der Waals surface area (Å²) in [5.74, 6) is 0.109. The minimum Gasteiger partial charge on any atom is -0.493 e. The van der Waals surface area contributed by atoms with Crippen molar-refractivity contribution in [3.8, 4) is 5.75 Å². The highest BCUT2D eigenvalue weighted by molar-refractivity contribution is 7.92. The van der Waals surface area contributed by atoms with Gasteiger partial charge in [-0.2, -0.15) is 13.2 Å². The van der Waals surface area contributed by atoms with Crippen LogP contribution >= 0.6 is 11.6 Å². The highest BCUT2D eigenvalue weighted by atomic mass is 35.5. The van der Waals surface area contributed by atoms with Gasteiger partial charge in [0.2, 0.25) is 15.9 Å². The summed E-state index contributed by atoms with van der Waals surface area (Å²) >= 11 is 5.96. The van der Waals surface area contributed by atoms with Crippen LogP contribution in [0, 0.1) is 0 Å². The van der Waals surface area contributed by atoms with Gasteiger partial charge >= 0.3 is 6.18 Å². The van der Waals surface area contributed by atoms with E-state index >= 15 is 0 Å². The van der Waals surface area contributed by atoms with Crippen molar-refractivity contribution < 1.29 is 31.1 Å². The Hall–Kier alpha value is -2.46. The molecular formula is C22H26ClF3N2O4S. The zero-order chi connectivity index (χ0) is 24.6. The molecule has 182 valence electrons. The van der Waals surface area contributed by atoms with Crippen molar-refractivity contribution in [2.45, 2.75) is 32.4 Å². The van der Waals surface area contributed by atoms with Crippen LogP contribution in [0.25, 0.3) is 0 Å². The Bertz CT molecular complexity index is 1060. The third-order valence-electron chi connectivity index (χ3n) is 4.61. The molecule has 2 aromatic carbocycles. The first-order chi connectivity index (χ1) is 15.4. The molecule has 0 radical (unpaired) electrons. The molecule has 0 aliphatic rings. The Kier molecular flexibility index (Phi) is 9.42. The van der Waals surface area contributed by atoms with Gasteiger partial charge in [0.15, 0.2) is 0 Å². The summed E-state index contributed by atoms with van der Waals surface area (Å²) in [7, 11) is -4.08. The number of carbonyl (C=O) groups excluding carboxylic acids is 1. The van der Waals surface area contributed by atoms with E-state index in [1.165, 1.54) is 0 Å². The zero-order valence-corrected chi connectivity index (χ0v) is 19.9. The van der Waals surface area contributed by atoms with Crippen molar-refractivity contribution in [1.82, 2.24) is 5.32 Å². The first-order valence-corrected chi connectivity index (χ1v) is 12.5. The fraction of sp³-hybridized carbons (Fsp3) is 0.409. The van der Waals surface area contributed by atoms with Crippen molar-refractivity contribution >= 4 is 33.2 Å². The minimum absolute atomic E-state index is 0.218. The molecule has 0 saturated heterocycles. The molecule has 0 saturated carbocycles. The first-order valence-electron chi connectivity index (χ1n) is 10.2. The lowest BCUT2D eigenvalue weighted by atomic mass is 10.1. The lowest BCUT2D eigenvalue weighted by molar-refractivity contribution is -0.137. The van der Waals surface area contributed by atoms with E-state index in [-0.39, 0.29) is 11.6 Å². The summed E-state index contributed by atoms with van der Waals surface area (Å²) in [6, 6.07) is 9.86. The van der Waals surface area contributed by atoms with Crippen LogP contribution < -0.4 is 14.4 Å². The Morgan fingerprint density at radius 2 is 1.88 bits per heavy atom. The van der Waals surface area contributed by atoms with Crippen molar-refractivity contribution in [3.63, 3.8) is 0 Å². The smallest absolute Gasteiger partial charge is 0.416 e. The first kappa shape index (κ1) is 26.8. The predicted octanol–water partition coefficient (Wildman–Crippen LogP) is 4.66. The van der Waals surface area contributed by atoms with Gasteiger partial charge in [-0.25, -0.2) is 8.42 Å². The quantitative estimate of drug-likeness (QED) is 0.450. The molecule has 1 amide bonds. The maximum Gasteiger partial charge on any atom is 0.416 e. The van der Waals surface area contributed by atoms with Gasteiger partial charge in [0, 0.05) is 6.54 Å². The molecule has 1 N–H and O–H groups in total. The molecule has 6 nitrogen and oxygen atoms in total. The molecule has 0 atom stereocenters. The van der Waals surface area contributed by atoms with Gasteiger partial charge in [0.05, 0.1) is 29.1 Å². The summed E-state index contributed by atoms with van der Waals surface area (Å²) in [5, 5.41) is 2.38. The van der Waals surface area contributed by atoms with E-state index in [4.69, 9.17) is 16.3 Å². The lowest BCUT2D eigenvalue weighted by Gasteiger charge is -2.24. The van der Waals surface area contributed by atoms with Crippen LogP contribution in [0.15, 0.2) is 42.5 Å². The largest absolute Gasteiger partial charge is 0.493 e. The summed E-state index contributed by atoms with van der Waals surface area (Å²) in [6.07, 6.45) is -1.85. The fourth-order valence-electron chi connectivity index (χ4n) is 3.02. The van der Waals surface area contributed by atoms with Crippen molar-refractivity contribution in [1.29, 1.82) is 0 Å². The molecule has 0 bridgehead atoms. The number of benzene rings is 2. The molecule has 0 aromatic heterocycles. The number of nitrogens with zero attached hydrogens (tertiary/aromatic N) is 1. The molecular weight excluding hydrogens is 481 g/mol. The van der Waals surface area contributed by atoms with E-state index in [1.807, 2.05) is 31.2 Å². The minimum atomic E-state index is -4.69. The predicted molar refractivity (Wildman–Crippen MR) is 122 cm³/mol. The van der Waals surface area contributed by atoms with Crippen LogP contribution in [0.5, 0.6) is 5.75 Å². The molecule has 2 rings (SSSR count). The average molecular weight is 507 g/mol. The molecule has 0 unspecified atom stereocenters.